The minimum Gasteiger partial charge on any atom is -0.326 e. The highest BCUT2D eigenvalue weighted by molar-refractivity contribution is 7.70. The van der Waals surface area contributed by atoms with E-state index in [1.165, 1.54) is 0 Å². The van der Waals surface area contributed by atoms with Crippen LogP contribution in [0.2, 0.25) is 0 Å². The van der Waals surface area contributed by atoms with E-state index in [-0.39, 0.29) is 12.5 Å². The van der Waals surface area contributed by atoms with Gasteiger partial charge in [0.05, 0.1) is 26.7 Å². The van der Waals surface area contributed by atoms with Crippen molar-refractivity contribution in [3.05, 3.63) is 0 Å². The highest BCUT2D eigenvalue weighted by Crippen LogP contribution is 2.62. The topological polar surface area (TPSA) is 115 Å². The van der Waals surface area contributed by atoms with Gasteiger partial charge in [0, 0.05) is 12.3 Å². The minimum atomic E-state index is -4.81. The first kappa shape index (κ1) is 17.3. The summed E-state index contributed by atoms with van der Waals surface area (Å²) >= 11 is 0. The van der Waals surface area contributed by atoms with E-state index in [0.29, 0.717) is 10.4 Å². The molecule has 0 bridgehead atoms. The van der Waals surface area contributed by atoms with Gasteiger partial charge >= 0.3 is 15.2 Å². The summed E-state index contributed by atoms with van der Waals surface area (Å²) in [6.45, 7) is 2.96. The summed E-state index contributed by atoms with van der Waals surface area (Å²) in [6.07, 6.45) is 1.50. The Morgan fingerprint density at radius 2 is 1.58 bits per heavy atom. The van der Waals surface area contributed by atoms with Gasteiger partial charge in [0.2, 0.25) is 0 Å². The molecule has 0 aromatic rings. The molecule has 0 radical (unpaired) electrons. The van der Waals surface area contributed by atoms with Gasteiger partial charge in [-0.2, -0.15) is 0 Å². The Balaban J connectivity index is 2.92. The van der Waals surface area contributed by atoms with Gasteiger partial charge in [-0.05, 0) is 12.8 Å². The van der Waals surface area contributed by atoms with E-state index >= 15 is 0 Å². The molecule has 1 saturated heterocycles. The molecule has 7 nitrogen and oxygen atoms in total. The molecular weight excluding hydrogens is 292 g/mol. The summed E-state index contributed by atoms with van der Waals surface area (Å²) in [5.74, 6) is 0.509. The molecule has 1 fully saturated rings. The van der Waals surface area contributed by atoms with Crippen LogP contribution in [-0.2, 0) is 9.13 Å². The molecule has 0 aliphatic carbocycles. The molecule has 1 rings (SSSR count). The first-order valence-corrected chi connectivity index (χ1v) is 9.63. The predicted molar refractivity (Wildman–Crippen MR) is 71.7 cm³/mol. The van der Waals surface area contributed by atoms with Crippen LogP contribution in [0, 0.1) is 5.92 Å². The van der Waals surface area contributed by atoms with Gasteiger partial charge in [-0.3, -0.25) is 9.13 Å². The van der Waals surface area contributed by atoms with Crippen LogP contribution >= 0.6 is 15.2 Å². The summed E-state index contributed by atoms with van der Waals surface area (Å²) in [6, 6.07) is -0.138. The van der Waals surface area contributed by atoms with Gasteiger partial charge in [0.25, 0.3) is 0 Å². The lowest BCUT2D eigenvalue weighted by Gasteiger charge is -2.45. The highest BCUT2D eigenvalue weighted by atomic mass is 31.2. The smallest absolute Gasteiger partial charge is 0.326 e. The zero-order valence-corrected chi connectivity index (χ0v) is 13.3. The third-order valence-electron chi connectivity index (χ3n) is 4.02. The third kappa shape index (κ3) is 4.64. The van der Waals surface area contributed by atoms with E-state index < -0.39 is 20.6 Å². The number of hydrogen-bond donors (Lipinski definition) is 4. The zero-order valence-electron chi connectivity index (χ0n) is 11.5. The summed E-state index contributed by atoms with van der Waals surface area (Å²) in [5, 5.41) is -1.88. The van der Waals surface area contributed by atoms with Gasteiger partial charge < -0.3 is 24.1 Å². The highest BCUT2D eigenvalue weighted by Gasteiger charge is 2.48. The minimum absolute atomic E-state index is 0.138. The summed E-state index contributed by atoms with van der Waals surface area (Å²) < 4.78 is 23.2. The predicted octanol–water partition coefficient (Wildman–Crippen LogP) is 0.933. The number of piperidine rings is 1. The Kier molecular flexibility index (Phi) is 5.07. The monoisotopic (exact) mass is 316 g/mol. The summed E-state index contributed by atoms with van der Waals surface area (Å²) in [7, 11) is -5.74. The maximum absolute atomic E-state index is 11.3. The Morgan fingerprint density at radius 3 is 1.95 bits per heavy atom. The van der Waals surface area contributed by atoms with Crippen molar-refractivity contribution in [3.8, 4) is 0 Å². The molecule has 2 atom stereocenters. The molecule has 4 N–H and O–H groups in total. The van der Waals surface area contributed by atoms with E-state index in [0.717, 1.165) is 19.4 Å². The molecule has 0 spiro atoms. The molecule has 19 heavy (non-hydrogen) atoms. The molecule has 1 aliphatic heterocycles. The molecule has 1 heterocycles. The summed E-state index contributed by atoms with van der Waals surface area (Å²) in [4.78, 5) is 36.7. The van der Waals surface area contributed by atoms with Crippen LogP contribution in [0.25, 0.3) is 0 Å². The zero-order chi connectivity index (χ0) is 15.1. The second-order valence-electron chi connectivity index (χ2n) is 6.19. The van der Waals surface area contributed by atoms with Crippen LogP contribution in [0.4, 0.5) is 0 Å². The molecular formula is C10H24NO6P2+. The van der Waals surface area contributed by atoms with Crippen molar-refractivity contribution in [2.24, 2.45) is 5.92 Å². The second-order valence-corrected chi connectivity index (χ2v) is 10.2. The van der Waals surface area contributed by atoms with E-state index in [1.807, 2.05) is 14.1 Å². The van der Waals surface area contributed by atoms with E-state index in [9.17, 15) is 28.7 Å². The average Bonchev–Trinajstić information content (AvgIpc) is 2.10. The maximum atomic E-state index is 11.3. The summed E-state index contributed by atoms with van der Waals surface area (Å²) in [5.41, 5.74) is 0. The lowest BCUT2D eigenvalue weighted by molar-refractivity contribution is -0.923. The Hall–Kier alpha value is 0.260. The van der Waals surface area contributed by atoms with Gasteiger partial charge in [0.1, 0.15) is 0 Å². The lowest BCUT2D eigenvalue weighted by Crippen LogP contribution is -2.55. The number of nitrogens with zero attached hydrogens (tertiary/aromatic N) is 1. The largest absolute Gasteiger partial charge is 0.340 e. The number of quaternary nitrogens is 1. The van der Waals surface area contributed by atoms with Crippen molar-refractivity contribution in [3.63, 3.8) is 0 Å². The van der Waals surface area contributed by atoms with Gasteiger partial charge in [-0.25, -0.2) is 0 Å². The molecule has 0 amide bonds. The first-order chi connectivity index (χ1) is 8.34. The fourth-order valence-electron chi connectivity index (χ4n) is 2.99. The van der Waals surface area contributed by atoms with Crippen molar-refractivity contribution < 1.29 is 33.2 Å². The molecule has 114 valence electrons. The quantitative estimate of drug-likeness (QED) is 0.453. The molecule has 1 aliphatic rings. The van der Waals surface area contributed by atoms with Crippen LogP contribution < -0.4 is 0 Å². The van der Waals surface area contributed by atoms with Crippen molar-refractivity contribution in [1.29, 1.82) is 0 Å². The van der Waals surface area contributed by atoms with Crippen molar-refractivity contribution in [1.82, 2.24) is 0 Å². The van der Waals surface area contributed by atoms with Gasteiger partial charge in [0.15, 0.2) is 5.40 Å². The Morgan fingerprint density at radius 1 is 1.11 bits per heavy atom. The van der Waals surface area contributed by atoms with Crippen LogP contribution in [0.3, 0.4) is 0 Å². The van der Waals surface area contributed by atoms with Crippen LogP contribution in [0.5, 0.6) is 0 Å². The Bertz CT molecular complexity index is 392. The number of likely N-dealkylation sites (tertiary alicyclic amines) is 1. The van der Waals surface area contributed by atoms with Gasteiger partial charge in [-0.1, -0.05) is 6.92 Å². The molecule has 0 saturated carbocycles. The first-order valence-electron chi connectivity index (χ1n) is 6.27. The van der Waals surface area contributed by atoms with Crippen molar-refractivity contribution in [2.45, 2.75) is 37.6 Å². The van der Waals surface area contributed by atoms with E-state index in [2.05, 4.69) is 6.92 Å². The SMILES string of the molecule is CC1CCC(CC(P(=O)(O)O)P(=O)(O)O)[N+](C)(C)C1. The maximum Gasteiger partial charge on any atom is 0.340 e. The fraction of sp³-hybridized carbons (Fsp3) is 1.00. The van der Waals surface area contributed by atoms with Gasteiger partial charge in [-0.15, -0.1) is 0 Å². The van der Waals surface area contributed by atoms with Crippen molar-refractivity contribution >= 4 is 15.2 Å². The standard InChI is InChI=1S/C10H23NO6P2/c1-8-4-5-9(11(2,3)7-8)6-10(18(12,13)14)19(15,16)17/h8-10H,4-7H2,1-3H3,(H3-,12,13,14,15,16,17)/p+1. The van der Waals surface area contributed by atoms with Crippen molar-refractivity contribution in [2.75, 3.05) is 20.6 Å². The van der Waals surface area contributed by atoms with Crippen LogP contribution in [0.15, 0.2) is 0 Å². The fourth-order valence-corrected chi connectivity index (χ4v) is 5.59. The third-order valence-corrected chi connectivity index (χ3v) is 7.80. The normalized spacial score (nSPS) is 28.6. The Labute approximate surface area is 113 Å². The second kappa shape index (κ2) is 5.57. The molecule has 0 aromatic heterocycles. The van der Waals surface area contributed by atoms with Crippen LogP contribution in [-0.4, -0.2) is 56.1 Å². The number of hydrogen-bond acceptors (Lipinski definition) is 2. The molecule has 2 unspecified atom stereocenters. The lowest BCUT2D eigenvalue weighted by atomic mass is 9.91. The van der Waals surface area contributed by atoms with E-state index in [1.54, 1.807) is 0 Å². The van der Waals surface area contributed by atoms with E-state index in [4.69, 9.17) is 0 Å². The van der Waals surface area contributed by atoms with Crippen LogP contribution in [0.1, 0.15) is 26.2 Å². The average molecular weight is 316 g/mol. The molecule has 9 heteroatoms. The number of rotatable bonds is 4. The molecule has 0 aromatic carbocycles.